The molecule has 62 valence electrons. The van der Waals surface area contributed by atoms with E-state index >= 15 is 0 Å². The van der Waals surface area contributed by atoms with E-state index in [2.05, 4.69) is 49.7 Å². The third kappa shape index (κ3) is 0.795. The third-order valence-electron chi connectivity index (χ3n) is 2.73. The lowest BCUT2D eigenvalue weighted by Gasteiger charge is -2.18. The maximum atomic E-state index is 4.05. The zero-order valence-corrected chi connectivity index (χ0v) is 7.54. The molecule has 0 bridgehead atoms. The van der Waals surface area contributed by atoms with Crippen LogP contribution in [-0.4, -0.2) is 11.9 Å². The van der Waals surface area contributed by atoms with E-state index in [1.165, 1.54) is 11.1 Å². The Hall–Kier alpha value is -1.24. The summed E-state index contributed by atoms with van der Waals surface area (Å²) in [5.74, 6) is 0. The van der Waals surface area contributed by atoms with E-state index in [1.807, 2.05) is 0 Å². The Morgan fingerprint density at radius 3 is 2.67 bits per heavy atom. The summed E-state index contributed by atoms with van der Waals surface area (Å²) in [4.78, 5) is 2.21. The van der Waals surface area contributed by atoms with Crippen LogP contribution in [0.25, 0.3) is 5.70 Å². The lowest BCUT2D eigenvalue weighted by atomic mass is 10.1. The summed E-state index contributed by atoms with van der Waals surface area (Å²) in [6, 6.07) is 8.94. The Morgan fingerprint density at radius 2 is 2.00 bits per heavy atom. The normalized spacial score (nSPS) is 21.3. The highest BCUT2D eigenvalue weighted by atomic mass is 15.2. The number of hydrogen-bond acceptors (Lipinski definition) is 1. The number of benzene rings is 1. The predicted molar refractivity (Wildman–Crippen MR) is 51.7 cm³/mol. The molecule has 1 nitrogen and oxygen atoms in total. The summed E-state index contributed by atoms with van der Waals surface area (Å²) < 4.78 is 0. The van der Waals surface area contributed by atoms with Gasteiger partial charge in [-0.3, -0.25) is 0 Å². The molecule has 0 fully saturated rings. The molecule has 0 N–H and O–H groups in total. The number of nitrogens with zero attached hydrogens (tertiary/aromatic N) is 1. The summed E-state index contributed by atoms with van der Waals surface area (Å²) in [7, 11) is 2.09. The van der Waals surface area contributed by atoms with Crippen LogP contribution in [0.4, 0.5) is 0 Å². The smallest absolute Gasteiger partial charge is 0.0517 e. The molecular formula is C11H13N. The first-order valence-electron chi connectivity index (χ1n) is 4.23. The molecule has 0 amide bonds. The Kier molecular flexibility index (Phi) is 1.47. The van der Waals surface area contributed by atoms with Crippen molar-refractivity contribution in [3.63, 3.8) is 0 Å². The fourth-order valence-corrected chi connectivity index (χ4v) is 1.76. The minimum absolute atomic E-state index is 0.480. The van der Waals surface area contributed by atoms with Crippen LogP contribution in [0.15, 0.2) is 30.8 Å². The first kappa shape index (κ1) is 7.41. The quantitative estimate of drug-likeness (QED) is 0.562. The molecule has 0 saturated carbocycles. The summed E-state index contributed by atoms with van der Waals surface area (Å²) in [5.41, 5.74) is 3.83. The molecule has 1 aromatic carbocycles. The lowest BCUT2D eigenvalue weighted by Crippen LogP contribution is -2.11. The van der Waals surface area contributed by atoms with Crippen molar-refractivity contribution in [2.75, 3.05) is 7.05 Å². The minimum Gasteiger partial charge on any atom is -0.368 e. The van der Waals surface area contributed by atoms with Crippen molar-refractivity contribution >= 4 is 5.70 Å². The topological polar surface area (TPSA) is 3.24 Å². The molecule has 0 radical (unpaired) electrons. The molecule has 12 heavy (non-hydrogen) atoms. The van der Waals surface area contributed by atoms with Crippen LogP contribution in [0.3, 0.4) is 0 Å². The average Bonchev–Trinajstić information content (AvgIpc) is 2.33. The molecule has 1 heteroatoms. The molecule has 0 spiro atoms. The van der Waals surface area contributed by atoms with E-state index in [4.69, 9.17) is 0 Å². The van der Waals surface area contributed by atoms with Gasteiger partial charge in [-0.25, -0.2) is 0 Å². The lowest BCUT2D eigenvalue weighted by molar-refractivity contribution is 0.405. The van der Waals surface area contributed by atoms with Crippen molar-refractivity contribution in [3.8, 4) is 0 Å². The second-order valence-corrected chi connectivity index (χ2v) is 3.32. The maximum Gasteiger partial charge on any atom is 0.0517 e. The maximum absolute atomic E-state index is 4.05. The van der Waals surface area contributed by atoms with Crippen LogP contribution in [0.1, 0.15) is 24.1 Å². The van der Waals surface area contributed by atoms with Gasteiger partial charge in [0.15, 0.2) is 0 Å². The van der Waals surface area contributed by atoms with E-state index in [0.29, 0.717) is 6.04 Å². The highest BCUT2D eigenvalue weighted by molar-refractivity contribution is 5.69. The van der Waals surface area contributed by atoms with Crippen molar-refractivity contribution in [1.29, 1.82) is 0 Å². The van der Waals surface area contributed by atoms with E-state index in [-0.39, 0.29) is 0 Å². The molecule has 1 unspecified atom stereocenters. The van der Waals surface area contributed by atoms with Gasteiger partial charge in [0.1, 0.15) is 0 Å². The molecule has 1 aliphatic rings. The zero-order chi connectivity index (χ0) is 8.72. The Balaban J connectivity index is 2.59. The van der Waals surface area contributed by atoms with Crippen LogP contribution in [0, 0.1) is 0 Å². The van der Waals surface area contributed by atoms with Crippen molar-refractivity contribution in [1.82, 2.24) is 4.90 Å². The molecule has 1 aliphatic heterocycles. The molecular weight excluding hydrogens is 146 g/mol. The van der Waals surface area contributed by atoms with Crippen molar-refractivity contribution in [2.24, 2.45) is 0 Å². The van der Waals surface area contributed by atoms with E-state index in [0.717, 1.165) is 5.70 Å². The van der Waals surface area contributed by atoms with Gasteiger partial charge in [0, 0.05) is 18.3 Å². The Labute approximate surface area is 73.3 Å². The first-order valence-corrected chi connectivity index (χ1v) is 4.23. The third-order valence-corrected chi connectivity index (χ3v) is 2.73. The van der Waals surface area contributed by atoms with Gasteiger partial charge >= 0.3 is 0 Å². The van der Waals surface area contributed by atoms with Crippen LogP contribution in [-0.2, 0) is 0 Å². The van der Waals surface area contributed by atoms with E-state index < -0.39 is 0 Å². The van der Waals surface area contributed by atoms with Gasteiger partial charge in [-0.2, -0.15) is 0 Å². The molecule has 1 heterocycles. The second-order valence-electron chi connectivity index (χ2n) is 3.32. The molecule has 2 rings (SSSR count). The van der Waals surface area contributed by atoms with Gasteiger partial charge in [0.25, 0.3) is 0 Å². The SMILES string of the molecule is C=C1c2ccccc2C(C)N1C. The zero-order valence-electron chi connectivity index (χ0n) is 7.54. The van der Waals surface area contributed by atoms with Gasteiger partial charge in [-0.05, 0) is 12.5 Å². The highest BCUT2D eigenvalue weighted by Crippen LogP contribution is 2.38. The van der Waals surface area contributed by atoms with Gasteiger partial charge in [0.05, 0.1) is 6.04 Å². The van der Waals surface area contributed by atoms with Crippen molar-refractivity contribution in [3.05, 3.63) is 42.0 Å². The fraction of sp³-hybridized carbons (Fsp3) is 0.273. The van der Waals surface area contributed by atoms with Gasteiger partial charge in [-0.1, -0.05) is 30.8 Å². The second kappa shape index (κ2) is 2.37. The number of fused-ring (bicyclic) bond motifs is 1. The predicted octanol–water partition coefficient (Wildman–Crippen LogP) is 2.66. The summed E-state index contributed by atoms with van der Waals surface area (Å²) in [6.45, 7) is 6.26. The van der Waals surface area contributed by atoms with Gasteiger partial charge < -0.3 is 4.90 Å². The highest BCUT2D eigenvalue weighted by Gasteiger charge is 2.25. The van der Waals surface area contributed by atoms with Crippen LogP contribution in [0.5, 0.6) is 0 Å². The fourth-order valence-electron chi connectivity index (χ4n) is 1.76. The first-order chi connectivity index (χ1) is 5.72. The van der Waals surface area contributed by atoms with Crippen molar-refractivity contribution < 1.29 is 0 Å². The number of hydrogen-bond donors (Lipinski definition) is 0. The molecule has 1 aromatic rings. The number of rotatable bonds is 0. The Morgan fingerprint density at radius 1 is 1.33 bits per heavy atom. The van der Waals surface area contributed by atoms with E-state index in [9.17, 15) is 0 Å². The molecule has 0 aromatic heterocycles. The molecule has 1 atom stereocenters. The summed E-state index contributed by atoms with van der Waals surface area (Å²) in [6.07, 6.45) is 0. The average molecular weight is 159 g/mol. The largest absolute Gasteiger partial charge is 0.368 e. The Bertz CT molecular complexity index is 328. The molecule has 0 aliphatic carbocycles. The monoisotopic (exact) mass is 159 g/mol. The van der Waals surface area contributed by atoms with Gasteiger partial charge in [0.2, 0.25) is 0 Å². The minimum atomic E-state index is 0.480. The van der Waals surface area contributed by atoms with Crippen molar-refractivity contribution in [2.45, 2.75) is 13.0 Å². The van der Waals surface area contributed by atoms with Gasteiger partial charge in [-0.15, -0.1) is 0 Å². The van der Waals surface area contributed by atoms with E-state index in [1.54, 1.807) is 0 Å². The van der Waals surface area contributed by atoms with Crippen LogP contribution >= 0.6 is 0 Å². The summed E-state index contributed by atoms with van der Waals surface area (Å²) in [5, 5.41) is 0. The summed E-state index contributed by atoms with van der Waals surface area (Å²) >= 11 is 0. The molecule has 0 saturated heterocycles. The van der Waals surface area contributed by atoms with Crippen LogP contribution < -0.4 is 0 Å². The standard InChI is InChI=1S/C11H13N/c1-8-10-6-4-5-7-11(10)9(2)12(8)3/h4-7,9H,1H2,2-3H3. The van der Waals surface area contributed by atoms with Crippen LogP contribution in [0.2, 0.25) is 0 Å².